The van der Waals surface area contributed by atoms with Gasteiger partial charge in [-0.05, 0) is 49.2 Å². The van der Waals surface area contributed by atoms with Crippen LogP contribution >= 0.6 is 0 Å². The van der Waals surface area contributed by atoms with Crippen molar-refractivity contribution >= 4 is 0 Å². The van der Waals surface area contributed by atoms with Gasteiger partial charge in [-0.25, -0.2) is 0 Å². The first-order valence-corrected chi connectivity index (χ1v) is 10.3. The molecular formula is C24H26N2O5. The molecule has 3 aromatic rings. The predicted octanol–water partition coefficient (Wildman–Crippen LogP) is 3.68. The van der Waals surface area contributed by atoms with Crippen LogP contribution in [0.1, 0.15) is 19.5 Å². The summed E-state index contributed by atoms with van der Waals surface area (Å²) in [5.41, 5.74) is 2.63. The number of hydrogen-bond acceptors (Lipinski definition) is 6. The number of methoxy groups -OCH3 is 1. The molecule has 7 nitrogen and oxygen atoms in total. The molecule has 162 valence electrons. The molecule has 1 aromatic heterocycles. The summed E-state index contributed by atoms with van der Waals surface area (Å²) in [5.74, 6) is 1.58. The van der Waals surface area contributed by atoms with Gasteiger partial charge in [0.25, 0.3) is 5.56 Å². The van der Waals surface area contributed by atoms with Crippen LogP contribution in [0.25, 0.3) is 11.1 Å². The lowest BCUT2D eigenvalue weighted by atomic mass is 10.1. The molecular weight excluding hydrogens is 396 g/mol. The van der Waals surface area contributed by atoms with Gasteiger partial charge in [0.2, 0.25) is 0 Å². The standard InChI is InChI=1S/C24H26N2O5/c1-16(2)29-14-19-12-23(27)25-24-26(19)13-22(31-24)15-30-21-10-6-18(7-11-21)17-4-8-20(28-3)9-5-17/h4-12,16,22H,13-15H2,1-3H3. The van der Waals surface area contributed by atoms with Crippen LogP contribution in [0.15, 0.2) is 59.4 Å². The van der Waals surface area contributed by atoms with Crippen LogP contribution in [0.3, 0.4) is 0 Å². The second-order valence-corrected chi connectivity index (χ2v) is 7.64. The molecule has 2 aromatic carbocycles. The third-order valence-corrected chi connectivity index (χ3v) is 5.01. The van der Waals surface area contributed by atoms with E-state index >= 15 is 0 Å². The summed E-state index contributed by atoms with van der Waals surface area (Å²) in [6.07, 6.45) is -0.157. The second kappa shape index (κ2) is 9.22. The first kappa shape index (κ1) is 20.9. The van der Waals surface area contributed by atoms with Crippen molar-refractivity contribution in [2.75, 3.05) is 13.7 Å². The summed E-state index contributed by atoms with van der Waals surface area (Å²) >= 11 is 0. The topological polar surface area (TPSA) is 71.8 Å². The molecule has 0 bridgehead atoms. The van der Waals surface area contributed by atoms with Crippen molar-refractivity contribution in [2.24, 2.45) is 0 Å². The Morgan fingerprint density at radius 2 is 1.71 bits per heavy atom. The Labute approximate surface area is 181 Å². The predicted molar refractivity (Wildman–Crippen MR) is 117 cm³/mol. The van der Waals surface area contributed by atoms with E-state index in [0.717, 1.165) is 28.3 Å². The Kier molecular flexibility index (Phi) is 6.23. The fourth-order valence-electron chi connectivity index (χ4n) is 3.38. The number of ether oxygens (including phenoxy) is 4. The highest BCUT2D eigenvalue weighted by Crippen LogP contribution is 2.25. The van der Waals surface area contributed by atoms with Gasteiger partial charge in [0.05, 0.1) is 32.1 Å². The number of aromatic nitrogens is 2. The Morgan fingerprint density at radius 1 is 1.06 bits per heavy atom. The Bertz CT molecular complexity index is 1070. The molecule has 0 N–H and O–H groups in total. The first-order valence-electron chi connectivity index (χ1n) is 10.3. The van der Waals surface area contributed by atoms with Crippen LogP contribution in [-0.4, -0.2) is 35.5 Å². The van der Waals surface area contributed by atoms with Gasteiger partial charge in [0.1, 0.15) is 18.1 Å². The second-order valence-electron chi connectivity index (χ2n) is 7.64. The van der Waals surface area contributed by atoms with Crippen molar-refractivity contribution in [3.63, 3.8) is 0 Å². The molecule has 7 heteroatoms. The smallest absolute Gasteiger partial charge is 0.300 e. The fraction of sp³-hybridized carbons (Fsp3) is 0.333. The summed E-state index contributed by atoms with van der Waals surface area (Å²) < 4.78 is 24.5. The van der Waals surface area contributed by atoms with Crippen molar-refractivity contribution in [3.05, 3.63) is 70.6 Å². The summed E-state index contributed by atoms with van der Waals surface area (Å²) in [7, 11) is 1.65. The molecule has 0 saturated heterocycles. The van der Waals surface area contributed by atoms with E-state index in [1.807, 2.05) is 66.9 Å². The van der Waals surface area contributed by atoms with E-state index in [2.05, 4.69) is 4.98 Å². The Balaban J connectivity index is 1.37. The Morgan fingerprint density at radius 3 is 2.32 bits per heavy atom. The maximum absolute atomic E-state index is 11.9. The van der Waals surface area contributed by atoms with Gasteiger partial charge in [-0.2, -0.15) is 4.98 Å². The monoisotopic (exact) mass is 422 g/mol. The Hall–Kier alpha value is -3.32. The van der Waals surface area contributed by atoms with E-state index in [-0.39, 0.29) is 17.8 Å². The van der Waals surface area contributed by atoms with E-state index in [9.17, 15) is 4.79 Å². The van der Waals surface area contributed by atoms with Crippen molar-refractivity contribution in [2.45, 2.75) is 39.2 Å². The molecule has 0 aliphatic carbocycles. The molecule has 1 unspecified atom stereocenters. The normalized spacial score (nSPS) is 14.9. The van der Waals surface area contributed by atoms with Gasteiger partial charge in [-0.15, -0.1) is 0 Å². The van der Waals surface area contributed by atoms with E-state index in [4.69, 9.17) is 18.9 Å². The van der Waals surface area contributed by atoms with Gasteiger partial charge in [-0.3, -0.25) is 9.36 Å². The van der Waals surface area contributed by atoms with Crippen LogP contribution in [0.5, 0.6) is 17.5 Å². The molecule has 0 fully saturated rings. The van der Waals surface area contributed by atoms with Gasteiger partial charge in [-0.1, -0.05) is 24.3 Å². The molecule has 31 heavy (non-hydrogen) atoms. The van der Waals surface area contributed by atoms with Crippen molar-refractivity contribution in [1.82, 2.24) is 9.55 Å². The largest absolute Gasteiger partial charge is 0.497 e. The lowest BCUT2D eigenvalue weighted by Gasteiger charge is -2.12. The fourth-order valence-corrected chi connectivity index (χ4v) is 3.38. The molecule has 4 rings (SSSR count). The van der Waals surface area contributed by atoms with E-state index in [1.54, 1.807) is 7.11 Å². The van der Waals surface area contributed by atoms with E-state index in [1.165, 1.54) is 6.07 Å². The molecule has 0 spiro atoms. The van der Waals surface area contributed by atoms with Crippen molar-refractivity contribution in [3.8, 4) is 28.6 Å². The number of hydrogen-bond donors (Lipinski definition) is 0. The van der Waals surface area contributed by atoms with Gasteiger partial charge in [0.15, 0.2) is 6.10 Å². The highest BCUT2D eigenvalue weighted by Gasteiger charge is 2.26. The van der Waals surface area contributed by atoms with Gasteiger partial charge in [0, 0.05) is 6.07 Å². The summed E-state index contributed by atoms with van der Waals surface area (Å²) in [6, 6.07) is 17.6. The van der Waals surface area contributed by atoms with E-state index in [0.29, 0.717) is 25.8 Å². The lowest BCUT2D eigenvalue weighted by Crippen LogP contribution is -2.23. The SMILES string of the molecule is COc1ccc(-c2ccc(OCC3Cn4c(COC(C)C)cc(=O)nc4O3)cc2)cc1. The average molecular weight is 422 g/mol. The minimum absolute atomic E-state index is 0.0712. The number of nitrogens with zero attached hydrogens (tertiary/aromatic N) is 2. The quantitative estimate of drug-likeness (QED) is 0.551. The van der Waals surface area contributed by atoms with Crippen LogP contribution < -0.4 is 19.8 Å². The van der Waals surface area contributed by atoms with Crippen LogP contribution in [0.2, 0.25) is 0 Å². The van der Waals surface area contributed by atoms with Crippen molar-refractivity contribution in [1.29, 1.82) is 0 Å². The zero-order chi connectivity index (χ0) is 21.8. The molecule has 1 atom stereocenters. The molecule has 0 amide bonds. The van der Waals surface area contributed by atoms with Gasteiger partial charge < -0.3 is 18.9 Å². The maximum Gasteiger partial charge on any atom is 0.300 e. The van der Waals surface area contributed by atoms with Crippen LogP contribution in [-0.2, 0) is 17.9 Å². The minimum atomic E-state index is -0.329. The third-order valence-electron chi connectivity index (χ3n) is 5.01. The lowest BCUT2D eigenvalue weighted by molar-refractivity contribution is 0.0613. The molecule has 0 saturated carbocycles. The van der Waals surface area contributed by atoms with Gasteiger partial charge >= 0.3 is 6.01 Å². The number of benzene rings is 2. The highest BCUT2D eigenvalue weighted by atomic mass is 16.6. The number of fused-ring (bicyclic) bond motifs is 1. The molecule has 0 radical (unpaired) electrons. The third kappa shape index (κ3) is 5.06. The van der Waals surface area contributed by atoms with Crippen LogP contribution in [0, 0.1) is 0 Å². The number of rotatable bonds is 8. The minimum Gasteiger partial charge on any atom is -0.497 e. The summed E-state index contributed by atoms with van der Waals surface area (Å²) in [6.45, 7) is 5.16. The summed E-state index contributed by atoms with van der Waals surface area (Å²) in [5, 5.41) is 0. The van der Waals surface area contributed by atoms with Crippen LogP contribution in [0.4, 0.5) is 0 Å². The highest BCUT2D eigenvalue weighted by molar-refractivity contribution is 5.64. The molecule has 1 aliphatic heterocycles. The maximum atomic E-state index is 11.9. The zero-order valence-corrected chi connectivity index (χ0v) is 17.9. The molecule has 1 aliphatic rings. The zero-order valence-electron chi connectivity index (χ0n) is 17.9. The van der Waals surface area contributed by atoms with E-state index < -0.39 is 0 Å². The molecule has 2 heterocycles. The average Bonchev–Trinajstić information content (AvgIpc) is 3.19. The first-order chi connectivity index (χ1) is 15.0. The van der Waals surface area contributed by atoms with Crippen molar-refractivity contribution < 1.29 is 18.9 Å². The summed E-state index contributed by atoms with van der Waals surface area (Å²) in [4.78, 5) is 15.8.